The van der Waals surface area contributed by atoms with Crippen molar-refractivity contribution in [1.82, 2.24) is 5.32 Å². The summed E-state index contributed by atoms with van der Waals surface area (Å²) in [5, 5.41) is 3.25. The van der Waals surface area contributed by atoms with Gasteiger partial charge in [0.05, 0.1) is 18.6 Å². The van der Waals surface area contributed by atoms with Gasteiger partial charge in [0, 0.05) is 6.04 Å². The minimum absolute atomic E-state index is 0.0945. The Morgan fingerprint density at radius 2 is 1.95 bits per heavy atom. The molecule has 1 aromatic carbocycles. The maximum Gasteiger partial charge on any atom is 0.416 e. The lowest BCUT2D eigenvalue weighted by Crippen LogP contribution is -2.42. The van der Waals surface area contributed by atoms with Crippen LogP contribution >= 0.6 is 0 Å². The Labute approximate surface area is 121 Å². The number of methoxy groups -OCH3 is 1. The normalized spacial score (nSPS) is 20.9. The van der Waals surface area contributed by atoms with Gasteiger partial charge in [-0.05, 0) is 37.1 Å². The molecular formula is C15H18F3NO2. The summed E-state index contributed by atoms with van der Waals surface area (Å²) in [5.41, 5.74) is -0.166. The van der Waals surface area contributed by atoms with Crippen LogP contribution in [-0.4, -0.2) is 25.7 Å². The van der Waals surface area contributed by atoms with Gasteiger partial charge in [-0.15, -0.1) is 0 Å². The Bertz CT molecular complexity index is 479. The van der Waals surface area contributed by atoms with E-state index in [4.69, 9.17) is 4.74 Å². The van der Waals surface area contributed by atoms with Gasteiger partial charge in [0.15, 0.2) is 0 Å². The molecule has 1 saturated heterocycles. The molecular weight excluding hydrogens is 283 g/mol. The lowest BCUT2D eigenvalue weighted by atomic mass is 9.86. The number of piperidine rings is 1. The second kappa shape index (κ2) is 6.47. The van der Waals surface area contributed by atoms with Crippen molar-refractivity contribution in [2.24, 2.45) is 0 Å². The van der Waals surface area contributed by atoms with E-state index in [1.54, 1.807) is 0 Å². The highest BCUT2D eigenvalue weighted by Crippen LogP contribution is 2.32. The number of hydrogen-bond donors (Lipinski definition) is 1. The molecule has 21 heavy (non-hydrogen) atoms. The predicted molar refractivity (Wildman–Crippen MR) is 71.8 cm³/mol. The zero-order chi connectivity index (χ0) is 15.5. The van der Waals surface area contributed by atoms with Crippen LogP contribution in [0.2, 0.25) is 0 Å². The van der Waals surface area contributed by atoms with Crippen molar-refractivity contribution in [3.05, 3.63) is 35.4 Å². The number of alkyl halides is 3. The zero-order valence-corrected chi connectivity index (χ0v) is 11.7. The monoisotopic (exact) mass is 301 g/mol. The maximum atomic E-state index is 12.6. The Morgan fingerprint density at radius 1 is 1.29 bits per heavy atom. The summed E-state index contributed by atoms with van der Waals surface area (Å²) in [6, 6.07) is 4.65. The molecule has 0 radical (unpaired) electrons. The van der Waals surface area contributed by atoms with Gasteiger partial charge in [-0.1, -0.05) is 18.6 Å². The van der Waals surface area contributed by atoms with Crippen LogP contribution in [0.15, 0.2) is 24.3 Å². The van der Waals surface area contributed by atoms with Gasteiger partial charge < -0.3 is 10.1 Å². The van der Waals surface area contributed by atoms with Gasteiger partial charge in [-0.3, -0.25) is 4.79 Å². The molecule has 1 fully saturated rings. The van der Waals surface area contributed by atoms with Gasteiger partial charge >= 0.3 is 12.1 Å². The minimum atomic E-state index is -4.37. The molecule has 3 nitrogen and oxygen atoms in total. The van der Waals surface area contributed by atoms with E-state index in [0.717, 1.165) is 37.9 Å². The summed E-state index contributed by atoms with van der Waals surface area (Å²) in [6.45, 7) is 0.804. The van der Waals surface area contributed by atoms with Crippen molar-refractivity contribution in [3.63, 3.8) is 0 Å². The first kappa shape index (κ1) is 15.8. The molecule has 0 amide bonds. The third-order valence-electron chi connectivity index (χ3n) is 3.80. The molecule has 6 heteroatoms. The van der Waals surface area contributed by atoms with E-state index < -0.39 is 23.6 Å². The Kier molecular flexibility index (Phi) is 4.88. The molecule has 1 heterocycles. The summed E-state index contributed by atoms with van der Waals surface area (Å²) >= 11 is 0. The average molecular weight is 301 g/mol. The standard InChI is InChI=1S/C15H18F3NO2/c1-21-14(20)13(12-4-2-3-9-19-12)10-5-7-11(8-6-10)15(16,17)18/h5-8,12-13,19H,2-4,9H2,1H3/t12-,13+/m1/s1. The first-order valence-electron chi connectivity index (χ1n) is 6.92. The van der Waals surface area contributed by atoms with Crippen molar-refractivity contribution in [1.29, 1.82) is 0 Å². The van der Waals surface area contributed by atoms with Gasteiger partial charge in [-0.2, -0.15) is 13.2 Å². The van der Waals surface area contributed by atoms with Crippen molar-refractivity contribution >= 4 is 5.97 Å². The van der Waals surface area contributed by atoms with Crippen LogP contribution in [-0.2, 0) is 15.7 Å². The molecule has 0 bridgehead atoms. The number of carbonyl (C=O) groups excluding carboxylic acids is 1. The quantitative estimate of drug-likeness (QED) is 0.872. The second-order valence-corrected chi connectivity index (χ2v) is 5.18. The van der Waals surface area contributed by atoms with E-state index >= 15 is 0 Å². The SMILES string of the molecule is COC(=O)[C@@H](c1ccc(C(F)(F)F)cc1)[C@H]1CCCCN1. The molecule has 1 aliphatic heterocycles. The van der Waals surface area contributed by atoms with E-state index in [0.29, 0.717) is 5.56 Å². The molecule has 0 unspecified atom stereocenters. The summed E-state index contributed by atoms with van der Waals surface area (Å²) in [6.07, 6.45) is -1.54. The molecule has 1 aromatic rings. The van der Waals surface area contributed by atoms with Crippen LogP contribution in [0.5, 0.6) is 0 Å². The number of carbonyl (C=O) groups is 1. The van der Waals surface area contributed by atoms with Crippen molar-refractivity contribution in [2.45, 2.75) is 37.4 Å². The van der Waals surface area contributed by atoms with Crippen LogP contribution in [0, 0.1) is 0 Å². The molecule has 0 aliphatic carbocycles. The van der Waals surface area contributed by atoms with Crippen molar-refractivity contribution < 1.29 is 22.7 Å². The van der Waals surface area contributed by atoms with E-state index in [9.17, 15) is 18.0 Å². The summed E-state index contributed by atoms with van der Waals surface area (Å²) < 4.78 is 42.6. The van der Waals surface area contributed by atoms with E-state index in [2.05, 4.69) is 5.32 Å². The Hall–Kier alpha value is -1.56. The molecule has 116 valence electrons. The molecule has 0 aromatic heterocycles. The fraction of sp³-hybridized carbons (Fsp3) is 0.533. The van der Waals surface area contributed by atoms with E-state index in [1.807, 2.05) is 0 Å². The molecule has 1 N–H and O–H groups in total. The number of rotatable bonds is 3. The third kappa shape index (κ3) is 3.75. The fourth-order valence-corrected chi connectivity index (χ4v) is 2.70. The summed E-state index contributed by atoms with van der Waals surface area (Å²) in [4.78, 5) is 12.0. The van der Waals surface area contributed by atoms with E-state index in [-0.39, 0.29) is 6.04 Å². The van der Waals surface area contributed by atoms with Crippen LogP contribution in [0.4, 0.5) is 13.2 Å². The fourth-order valence-electron chi connectivity index (χ4n) is 2.70. The van der Waals surface area contributed by atoms with Crippen LogP contribution < -0.4 is 5.32 Å². The van der Waals surface area contributed by atoms with Gasteiger partial charge in [-0.25, -0.2) is 0 Å². The number of esters is 1. The number of benzene rings is 1. The van der Waals surface area contributed by atoms with E-state index in [1.165, 1.54) is 19.2 Å². The molecule has 0 spiro atoms. The topological polar surface area (TPSA) is 38.3 Å². The van der Waals surface area contributed by atoms with Crippen molar-refractivity contribution in [2.75, 3.05) is 13.7 Å². The Balaban J connectivity index is 2.26. The van der Waals surface area contributed by atoms with Crippen LogP contribution in [0.3, 0.4) is 0 Å². The number of hydrogen-bond acceptors (Lipinski definition) is 3. The van der Waals surface area contributed by atoms with Crippen molar-refractivity contribution in [3.8, 4) is 0 Å². The highest BCUT2D eigenvalue weighted by molar-refractivity contribution is 5.79. The number of nitrogens with one attached hydrogen (secondary N) is 1. The first-order chi connectivity index (χ1) is 9.93. The lowest BCUT2D eigenvalue weighted by Gasteiger charge is -2.30. The minimum Gasteiger partial charge on any atom is -0.469 e. The largest absolute Gasteiger partial charge is 0.469 e. The van der Waals surface area contributed by atoms with Gasteiger partial charge in [0.25, 0.3) is 0 Å². The smallest absolute Gasteiger partial charge is 0.416 e. The zero-order valence-electron chi connectivity index (χ0n) is 11.7. The Morgan fingerprint density at radius 3 is 2.43 bits per heavy atom. The second-order valence-electron chi connectivity index (χ2n) is 5.18. The van der Waals surface area contributed by atoms with Crippen LogP contribution in [0.25, 0.3) is 0 Å². The molecule has 1 aliphatic rings. The molecule has 0 saturated carbocycles. The van der Waals surface area contributed by atoms with Gasteiger partial charge in [0.1, 0.15) is 0 Å². The average Bonchev–Trinajstić information content (AvgIpc) is 2.48. The third-order valence-corrected chi connectivity index (χ3v) is 3.80. The molecule has 2 atom stereocenters. The first-order valence-corrected chi connectivity index (χ1v) is 6.92. The van der Waals surface area contributed by atoms with Gasteiger partial charge in [0.2, 0.25) is 0 Å². The lowest BCUT2D eigenvalue weighted by molar-refractivity contribution is -0.143. The number of ether oxygens (including phenoxy) is 1. The summed E-state index contributed by atoms with van der Waals surface area (Å²) in [5.74, 6) is -0.994. The highest BCUT2D eigenvalue weighted by Gasteiger charge is 2.34. The predicted octanol–water partition coefficient (Wildman–Crippen LogP) is 3.10. The number of halogens is 3. The molecule has 2 rings (SSSR count). The maximum absolute atomic E-state index is 12.6. The summed E-state index contributed by atoms with van der Waals surface area (Å²) in [7, 11) is 1.29. The highest BCUT2D eigenvalue weighted by atomic mass is 19.4. The van der Waals surface area contributed by atoms with Crippen LogP contribution in [0.1, 0.15) is 36.3 Å².